The Hall–Kier alpha value is -2.88. The molecule has 35 heavy (non-hydrogen) atoms. The minimum absolute atomic E-state index is 0.0871. The number of benzene rings is 2. The number of sulfonamides is 1. The molecule has 1 saturated heterocycles. The van der Waals surface area contributed by atoms with Gasteiger partial charge < -0.3 is 9.64 Å². The number of amidine groups is 1. The molecule has 0 N–H and O–H groups in total. The van der Waals surface area contributed by atoms with E-state index in [9.17, 15) is 13.2 Å². The van der Waals surface area contributed by atoms with Crippen molar-refractivity contribution in [1.82, 2.24) is 4.90 Å². The number of para-hydroxylation sites is 1. The summed E-state index contributed by atoms with van der Waals surface area (Å²) in [5.41, 5.74) is 3.16. The fraction of sp³-hybridized carbons (Fsp3) is 0.308. The minimum Gasteiger partial charge on any atom is -0.385 e. The van der Waals surface area contributed by atoms with Gasteiger partial charge in [-0.25, -0.2) is 0 Å². The van der Waals surface area contributed by atoms with E-state index in [-0.39, 0.29) is 21.4 Å². The summed E-state index contributed by atoms with van der Waals surface area (Å²) in [7, 11) is -0.357. The van der Waals surface area contributed by atoms with Gasteiger partial charge in [0.2, 0.25) is 0 Å². The van der Waals surface area contributed by atoms with Crippen molar-refractivity contribution in [3.8, 4) is 0 Å². The topological polar surface area (TPSA) is 79.3 Å². The van der Waals surface area contributed by atoms with Crippen LogP contribution in [0.4, 0.5) is 5.69 Å². The predicted molar refractivity (Wildman–Crippen MR) is 141 cm³/mol. The Morgan fingerprint density at radius 1 is 1.06 bits per heavy atom. The van der Waals surface area contributed by atoms with Gasteiger partial charge in [-0.15, -0.1) is 4.40 Å². The molecule has 7 nitrogen and oxygen atoms in total. The third-order valence-electron chi connectivity index (χ3n) is 6.19. The number of rotatable bonds is 7. The number of methoxy groups -OCH3 is 1. The number of anilines is 1. The summed E-state index contributed by atoms with van der Waals surface area (Å²) in [4.78, 5) is 17.3. The number of thioether (sulfide) groups is 1. The van der Waals surface area contributed by atoms with Crippen molar-refractivity contribution < 1.29 is 17.9 Å². The van der Waals surface area contributed by atoms with Crippen LogP contribution in [0.2, 0.25) is 0 Å². The van der Waals surface area contributed by atoms with E-state index in [1.807, 2.05) is 25.3 Å². The molecule has 184 valence electrons. The Morgan fingerprint density at radius 2 is 1.74 bits per heavy atom. The zero-order chi connectivity index (χ0) is 25.2. The van der Waals surface area contributed by atoms with E-state index in [0.717, 1.165) is 23.1 Å². The van der Waals surface area contributed by atoms with Gasteiger partial charge in [-0.05, 0) is 54.1 Å². The summed E-state index contributed by atoms with van der Waals surface area (Å²) in [5, 5.41) is 0.155. The van der Waals surface area contributed by atoms with Gasteiger partial charge in [-0.2, -0.15) is 8.42 Å². The monoisotopic (exact) mass is 511 g/mol. The summed E-state index contributed by atoms with van der Waals surface area (Å²) in [6.45, 7) is 5.07. The van der Waals surface area contributed by atoms with Crippen LogP contribution >= 0.6 is 11.8 Å². The van der Waals surface area contributed by atoms with Crippen LogP contribution in [-0.4, -0.2) is 51.7 Å². The number of hydrogen-bond donors (Lipinski definition) is 0. The van der Waals surface area contributed by atoms with Crippen LogP contribution in [0, 0.1) is 0 Å². The van der Waals surface area contributed by atoms with E-state index in [4.69, 9.17) is 4.74 Å². The van der Waals surface area contributed by atoms with Crippen molar-refractivity contribution >= 4 is 38.5 Å². The van der Waals surface area contributed by atoms with Crippen molar-refractivity contribution in [2.24, 2.45) is 4.40 Å². The molecular formula is C26H29N3O4S2. The van der Waals surface area contributed by atoms with E-state index in [1.165, 1.54) is 22.6 Å². The standard InChI is InChI=1S/C26H29N3O4S2/c1-26(2)20-13-8-9-14-21(20)28(3)23(26)16-15-22-24(30)29(17-10-18-33-4)25(34-22)27-35(31,32)19-11-6-5-7-12-19/h5-9,11-16H,10,17-18H2,1-4H3/b22-15-,23-16+,27-25?. The van der Waals surface area contributed by atoms with Gasteiger partial charge in [-0.3, -0.25) is 9.69 Å². The molecule has 0 spiro atoms. The van der Waals surface area contributed by atoms with Gasteiger partial charge >= 0.3 is 0 Å². The maximum Gasteiger partial charge on any atom is 0.284 e. The highest BCUT2D eigenvalue weighted by molar-refractivity contribution is 8.19. The van der Waals surface area contributed by atoms with Crippen molar-refractivity contribution in [3.05, 3.63) is 82.9 Å². The molecule has 0 bridgehead atoms. The highest BCUT2D eigenvalue weighted by Gasteiger charge is 2.39. The third kappa shape index (κ3) is 4.94. The molecule has 2 aliphatic rings. The number of carbonyl (C=O) groups excluding carboxylic acids is 1. The van der Waals surface area contributed by atoms with Crippen LogP contribution in [0.5, 0.6) is 0 Å². The van der Waals surface area contributed by atoms with Gasteiger partial charge in [0, 0.05) is 44.1 Å². The molecule has 1 amide bonds. The summed E-state index contributed by atoms with van der Waals surface area (Å²) in [6.07, 6.45) is 4.28. The average molecular weight is 512 g/mol. The molecule has 0 atom stereocenters. The first-order chi connectivity index (χ1) is 16.7. The molecule has 0 aliphatic carbocycles. The smallest absolute Gasteiger partial charge is 0.284 e. The van der Waals surface area contributed by atoms with E-state index in [1.54, 1.807) is 31.4 Å². The lowest BCUT2D eigenvalue weighted by molar-refractivity contribution is -0.122. The zero-order valence-corrected chi connectivity index (χ0v) is 21.9. The number of hydrogen-bond acceptors (Lipinski definition) is 6. The second kappa shape index (κ2) is 10.0. The average Bonchev–Trinajstić information content (AvgIpc) is 3.23. The largest absolute Gasteiger partial charge is 0.385 e. The van der Waals surface area contributed by atoms with Crippen molar-refractivity contribution in [1.29, 1.82) is 0 Å². The number of amides is 1. The van der Waals surface area contributed by atoms with Gasteiger partial charge in [0.05, 0.1) is 9.80 Å². The van der Waals surface area contributed by atoms with Gasteiger partial charge in [0.1, 0.15) is 0 Å². The van der Waals surface area contributed by atoms with Crippen LogP contribution in [-0.2, 0) is 25.0 Å². The first kappa shape index (κ1) is 25.2. The van der Waals surface area contributed by atoms with Crippen LogP contribution in [0.3, 0.4) is 0 Å². The Kier molecular flexibility index (Phi) is 7.21. The lowest BCUT2D eigenvalue weighted by atomic mass is 9.84. The lowest BCUT2D eigenvalue weighted by Gasteiger charge is -2.23. The Bertz CT molecular complexity index is 1320. The predicted octanol–water partition coefficient (Wildman–Crippen LogP) is 4.54. The Balaban J connectivity index is 1.68. The molecule has 9 heteroatoms. The van der Waals surface area contributed by atoms with E-state index in [0.29, 0.717) is 24.5 Å². The second-order valence-corrected chi connectivity index (χ2v) is 11.5. The van der Waals surface area contributed by atoms with E-state index >= 15 is 0 Å². The van der Waals surface area contributed by atoms with Crippen LogP contribution in [0.1, 0.15) is 25.8 Å². The fourth-order valence-electron chi connectivity index (χ4n) is 4.36. The third-order valence-corrected chi connectivity index (χ3v) is 8.61. The normalized spacial score (nSPS) is 20.9. The van der Waals surface area contributed by atoms with E-state index in [2.05, 4.69) is 35.3 Å². The molecule has 2 aliphatic heterocycles. The summed E-state index contributed by atoms with van der Waals surface area (Å²) >= 11 is 1.08. The van der Waals surface area contributed by atoms with Gasteiger partial charge in [0.25, 0.3) is 15.9 Å². The maximum atomic E-state index is 13.3. The van der Waals surface area contributed by atoms with Crippen LogP contribution < -0.4 is 4.90 Å². The summed E-state index contributed by atoms with van der Waals surface area (Å²) in [6, 6.07) is 16.3. The molecule has 4 rings (SSSR count). The molecule has 2 heterocycles. The molecule has 0 saturated carbocycles. The molecule has 0 unspecified atom stereocenters. The van der Waals surface area contributed by atoms with Crippen LogP contribution in [0.15, 0.2) is 86.6 Å². The fourth-order valence-corrected chi connectivity index (χ4v) is 6.53. The van der Waals surface area contributed by atoms with Gasteiger partial charge in [0.15, 0.2) is 5.17 Å². The summed E-state index contributed by atoms with van der Waals surface area (Å²) < 4.78 is 34.9. The Morgan fingerprint density at radius 3 is 2.43 bits per heavy atom. The molecule has 0 aromatic heterocycles. The SMILES string of the molecule is COCCCN1C(=O)/C(=C/C=C2/N(C)c3ccccc3C2(C)C)SC1=NS(=O)(=O)c1ccccc1. The van der Waals surface area contributed by atoms with Crippen molar-refractivity contribution in [3.63, 3.8) is 0 Å². The number of nitrogens with zero attached hydrogens (tertiary/aromatic N) is 3. The highest BCUT2D eigenvalue weighted by atomic mass is 32.2. The Labute approximate surface area is 211 Å². The first-order valence-electron chi connectivity index (χ1n) is 11.3. The van der Waals surface area contributed by atoms with Crippen molar-refractivity contribution in [2.75, 3.05) is 32.2 Å². The van der Waals surface area contributed by atoms with E-state index < -0.39 is 10.0 Å². The van der Waals surface area contributed by atoms with Crippen molar-refractivity contribution in [2.45, 2.75) is 30.6 Å². The maximum absolute atomic E-state index is 13.3. The van der Waals surface area contributed by atoms with Crippen LogP contribution in [0.25, 0.3) is 0 Å². The van der Waals surface area contributed by atoms with Gasteiger partial charge in [-0.1, -0.05) is 50.2 Å². The number of carbonyl (C=O) groups is 1. The number of allylic oxidation sites excluding steroid dienone is 3. The molecular weight excluding hydrogens is 482 g/mol. The molecule has 0 radical (unpaired) electrons. The second-order valence-electron chi connectivity index (χ2n) is 8.85. The first-order valence-corrected chi connectivity index (χ1v) is 13.6. The molecule has 1 fully saturated rings. The molecule has 2 aromatic rings. The summed E-state index contributed by atoms with van der Waals surface area (Å²) in [5.74, 6) is -0.263. The zero-order valence-electron chi connectivity index (χ0n) is 20.3. The highest BCUT2D eigenvalue weighted by Crippen LogP contribution is 2.46. The quantitative estimate of drug-likeness (QED) is 0.401. The molecule has 2 aromatic carbocycles. The number of fused-ring (bicyclic) bond motifs is 1. The minimum atomic E-state index is -3.96. The number of likely N-dealkylation sites (N-methyl/N-ethyl adjacent to an activating group) is 1. The lowest BCUT2D eigenvalue weighted by Crippen LogP contribution is -2.31. The number of ether oxygens (including phenoxy) is 1.